The van der Waals surface area contributed by atoms with Crippen LogP contribution in [0.15, 0.2) is 24.3 Å². The first-order valence-electron chi connectivity index (χ1n) is 10.7. The lowest BCUT2D eigenvalue weighted by Crippen LogP contribution is -2.51. The number of halogens is 3. The highest BCUT2D eigenvalue weighted by molar-refractivity contribution is 5.88. The summed E-state index contributed by atoms with van der Waals surface area (Å²) in [5.74, 6) is -1.95. The van der Waals surface area contributed by atoms with E-state index in [-0.39, 0.29) is 29.9 Å². The van der Waals surface area contributed by atoms with Crippen molar-refractivity contribution in [1.82, 2.24) is 16.0 Å². The number of benzene rings is 1. The van der Waals surface area contributed by atoms with Crippen LogP contribution in [0.25, 0.3) is 0 Å². The number of nitrogens with one attached hydrogen (secondary N) is 3. The Morgan fingerprint density at radius 1 is 1.21 bits per heavy atom. The number of carbonyl (C=O) groups is 3. The quantitative estimate of drug-likeness (QED) is 0.441. The zero-order valence-electron chi connectivity index (χ0n) is 18.8. The normalized spacial score (nSPS) is 17.3. The summed E-state index contributed by atoms with van der Waals surface area (Å²) in [4.78, 5) is 36.8. The summed E-state index contributed by atoms with van der Waals surface area (Å²) >= 11 is 0. The zero-order valence-corrected chi connectivity index (χ0v) is 18.8. The maximum Gasteiger partial charge on any atom is 0.573 e. The summed E-state index contributed by atoms with van der Waals surface area (Å²) in [6.07, 6.45) is -3.77. The van der Waals surface area contributed by atoms with Crippen LogP contribution in [0.2, 0.25) is 0 Å². The van der Waals surface area contributed by atoms with E-state index in [9.17, 15) is 32.8 Å². The molecule has 1 heterocycles. The third-order valence-electron chi connectivity index (χ3n) is 4.94. The largest absolute Gasteiger partial charge is 0.573 e. The number of amides is 3. The van der Waals surface area contributed by atoms with Gasteiger partial charge in [-0.3, -0.25) is 14.4 Å². The monoisotopic (exact) mass is 484 g/mol. The van der Waals surface area contributed by atoms with E-state index in [1.807, 2.05) is 19.9 Å². The Bertz CT molecular complexity index is 899. The number of ether oxygens (including phenoxy) is 2. The molecule has 1 aliphatic rings. The number of hydrogen-bond donors (Lipinski definition) is 3. The van der Waals surface area contributed by atoms with Gasteiger partial charge in [0, 0.05) is 12.5 Å². The second kappa shape index (κ2) is 12.1. The van der Waals surface area contributed by atoms with Crippen LogP contribution >= 0.6 is 0 Å². The molecule has 3 amide bonds. The third-order valence-corrected chi connectivity index (χ3v) is 4.94. The van der Waals surface area contributed by atoms with Crippen LogP contribution in [-0.2, 0) is 14.4 Å². The molecule has 1 aromatic carbocycles. The highest BCUT2D eigenvalue weighted by Gasteiger charge is 2.31. The smallest absolute Gasteiger partial charge is 0.484 e. The number of rotatable bonds is 11. The third kappa shape index (κ3) is 9.17. The van der Waals surface area contributed by atoms with Gasteiger partial charge >= 0.3 is 6.36 Å². The Kier molecular flexibility index (Phi) is 9.53. The lowest BCUT2D eigenvalue weighted by atomic mass is 9.98. The average molecular weight is 484 g/mol. The standard InChI is InChI=1S/C22H27F3N4O5/c1-13(2)9-18(21(32)28-15(11-26)10-14-7-8-27-20(14)31)29-19(30)12-33-16-3-5-17(6-4-16)34-22(23,24)25/h3-6,13-15,18H,7-10,12H2,1-2H3,(H,27,31)(H,28,32)(H,29,30)/t14?,15-,18?/m0/s1. The fourth-order valence-electron chi connectivity index (χ4n) is 3.40. The molecule has 0 saturated carbocycles. The van der Waals surface area contributed by atoms with E-state index in [0.29, 0.717) is 19.4 Å². The molecule has 12 heteroatoms. The van der Waals surface area contributed by atoms with Gasteiger partial charge in [0.05, 0.1) is 6.07 Å². The van der Waals surface area contributed by atoms with Crippen LogP contribution < -0.4 is 25.4 Å². The van der Waals surface area contributed by atoms with Gasteiger partial charge < -0.3 is 25.4 Å². The minimum atomic E-state index is -4.82. The van der Waals surface area contributed by atoms with Crippen LogP contribution in [0.1, 0.15) is 33.1 Å². The highest BCUT2D eigenvalue weighted by atomic mass is 19.4. The van der Waals surface area contributed by atoms with Crippen LogP contribution in [0.5, 0.6) is 11.5 Å². The van der Waals surface area contributed by atoms with Gasteiger partial charge in [-0.2, -0.15) is 5.26 Å². The lowest BCUT2D eigenvalue weighted by molar-refractivity contribution is -0.274. The number of alkyl halides is 3. The second-order valence-corrected chi connectivity index (χ2v) is 8.26. The van der Waals surface area contributed by atoms with Gasteiger partial charge in [0.2, 0.25) is 11.8 Å². The van der Waals surface area contributed by atoms with E-state index in [4.69, 9.17) is 4.74 Å². The number of nitriles is 1. The molecule has 186 valence electrons. The molecule has 0 aliphatic carbocycles. The molecule has 34 heavy (non-hydrogen) atoms. The van der Waals surface area contributed by atoms with Gasteiger partial charge in [-0.1, -0.05) is 13.8 Å². The molecule has 0 bridgehead atoms. The Balaban J connectivity index is 1.90. The molecule has 2 rings (SSSR count). The van der Waals surface area contributed by atoms with E-state index >= 15 is 0 Å². The zero-order chi connectivity index (χ0) is 25.3. The van der Waals surface area contributed by atoms with Crippen molar-refractivity contribution in [3.05, 3.63) is 24.3 Å². The van der Waals surface area contributed by atoms with Crippen molar-refractivity contribution in [2.45, 2.75) is 51.6 Å². The summed E-state index contributed by atoms with van der Waals surface area (Å²) in [5, 5.41) is 17.2. The molecule has 1 fully saturated rings. The van der Waals surface area contributed by atoms with E-state index in [1.165, 1.54) is 12.1 Å². The topological polar surface area (TPSA) is 130 Å². The molecule has 0 spiro atoms. The maximum absolute atomic E-state index is 12.7. The van der Waals surface area contributed by atoms with E-state index in [1.54, 1.807) is 0 Å². The van der Waals surface area contributed by atoms with Crippen molar-refractivity contribution in [3.8, 4) is 17.6 Å². The summed E-state index contributed by atoms with van der Waals surface area (Å²) in [6, 6.07) is 4.66. The Hall–Kier alpha value is -3.49. The first-order valence-corrected chi connectivity index (χ1v) is 10.7. The minimum Gasteiger partial charge on any atom is -0.484 e. The SMILES string of the molecule is CC(C)CC(NC(=O)COc1ccc(OC(F)(F)F)cc1)C(=O)N[C@H](C#N)CC1CCNC1=O. The number of hydrogen-bond acceptors (Lipinski definition) is 6. The average Bonchev–Trinajstić information content (AvgIpc) is 3.15. The van der Waals surface area contributed by atoms with Gasteiger partial charge in [-0.25, -0.2) is 0 Å². The highest BCUT2D eigenvalue weighted by Crippen LogP contribution is 2.24. The molecule has 1 aromatic rings. The molecular weight excluding hydrogens is 457 g/mol. The Morgan fingerprint density at radius 3 is 2.38 bits per heavy atom. The molecular formula is C22H27F3N4O5. The second-order valence-electron chi connectivity index (χ2n) is 8.26. The predicted molar refractivity (Wildman–Crippen MR) is 113 cm³/mol. The van der Waals surface area contributed by atoms with Crippen LogP contribution in [-0.4, -0.2) is 49.3 Å². The summed E-state index contributed by atoms with van der Waals surface area (Å²) in [7, 11) is 0. The van der Waals surface area contributed by atoms with Crippen LogP contribution in [0.3, 0.4) is 0 Å². The Labute approximate surface area is 195 Å². The first-order chi connectivity index (χ1) is 16.0. The van der Waals surface area contributed by atoms with Gasteiger partial charge in [0.15, 0.2) is 6.61 Å². The molecule has 9 nitrogen and oxygen atoms in total. The molecule has 2 unspecified atom stereocenters. The molecule has 3 atom stereocenters. The number of carbonyl (C=O) groups excluding carboxylic acids is 3. The van der Waals surface area contributed by atoms with E-state index in [0.717, 1.165) is 12.1 Å². The molecule has 3 N–H and O–H groups in total. The first kappa shape index (κ1) is 26.8. The number of nitrogens with zero attached hydrogens (tertiary/aromatic N) is 1. The van der Waals surface area contributed by atoms with Crippen LogP contribution in [0.4, 0.5) is 13.2 Å². The summed E-state index contributed by atoms with van der Waals surface area (Å²) < 4.78 is 45.7. The minimum absolute atomic E-state index is 0.0410. The molecule has 0 aromatic heterocycles. The lowest BCUT2D eigenvalue weighted by Gasteiger charge is -2.22. The van der Waals surface area contributed by atoms with Crippen molar-refractivity contribution in [3.63, 3.8) is 0 Å². The van der Waals surface area contributed by atoms with Gasteiger partial charge in [0.25, 0.3) is 5.91 Å². The van der Waals surface area contributed by atoms with E-state index in [2.05, 4.69) is 20.7 Å². The molecule has 0 radical (unpaired) electrons. The van der Waals surface area contributed by atoms with Crippen molar-refractivity contribution in [1.29, 1.82) is 5.26 Å². The van der Waals surface area contributed by atoms with Crippen molar-refractivity contribution >= 4 is 17.7 Å². The molecule has 1 aliphatic heterocycles. The van der Waals surface area contributed by atoms with Gasteiger partial charge in [-0.05, 0) is 49.4 Å². The van der Waals surface area contributed by atoms with E-state index < -0.39 is 42.6 Å². The predicted octanol–water partition coefficient (Wildman–Crippen LogP) is 2.03. The van der Waals surface area contributed by atoms with Crippen molar-refractivity contribution in [2.75, 3.05) is 13.2 Å². The summed E-state index contributed by atoms with van der Waals surface area (Å²) in [5.41, 5.74) is 0. The van der Waals surface area contributed by atoms with Crippen molar-refractivity contribution < 1.29 is 37.0 Å². The van der Waals surface area contributed by atoms with Crippen LogP contribution in [0, 0.1) is 23.2 Å². The summed E-state index contributed by atoms with van der Waals surface area (Å²) in [6.45, 7) is 3.77. The van der Waals surface area contributed by atoms with Gasteiger partial charge in [-0.15, -0.1) is 13.2 Å². The maximum atomic E-state index is 12.7. The Morgan fingerprint density at radius 2 is 1.85 bits per heavy atom. The van der Waals surface area contributed by atoms with Gasteiger partial charge in [0.1, 0.15) is 23.6 Å². The fraction of sp³-hybridized carbons (Fsp3) is 0.545. The fourth-order valence-corrected chi connectivity index (χ4v) is 3.40. The van der Waals surface area contributed by atoms with Crippen molar-refractivity contribution in [2.24, 2.45) is 11.8 Å². The molecule has 1 saturated heterocycles.